The first-order chi connectivity index (χ1) is 17.4. The standard InChI is InChI=1S/C28H43N3O6/c1-15(2)21(13-23(30-31-29)25-14-22(16(3)4)28(33)36-25)26(37-27(32)17(5)6)20-11-10-18(7)24(12-20)35-19(8)34-9/h10-12,15-17,19,21-23,25-26H,13-14H2,1-9H3/t19-,21-,22-,23-,25-,26+/m0/s1. The predicted octanol–water partition coefficient (Wildman–Crippen LogP) is 6.54. The number of hydrogen-bond donors (Lipinski definition) is 0. The third-order valence-corrected chi connectivity index (χ3v) is 7.13. The zero-order chi connectivity index (χ0) is 27.9. The van der Waals surface area contributed by atoms with Crippen molar-refractivity contribution in [3.05, 3.63) is 39.8 Å². The van der Waals surface area contributed by atoms with E-state index in [4.69, 9.17) is 18.9 Å². The average Bonchev–Trinajstić information content (AvgIpc) is 3.23. The van der Waals surface area contributed by atoms with Crippen LogP contribution in [0.4, 0.5) is 0 Å². The number of azide groups is 1. The van der Waals surface area contributed by atoms with Crippen molar-refractivity contribution >= 4 is 11.9 Å². The normalized spacial score (nSPS) is 20.8. The number of cyclic esters (lactones) is 1. The summed E-state index contributed by atoms with van der Waals surface area (Å²) in [6, 6.07) is 5.16. The minimum atomic E-state index is -0.620. The Bertz CT molecular complexity index is 973. The molecular weight excluding hydrogens is 474 g/mol. The van der Waals surface area contributed by atoms with Crippen LogP contribution in [0.2, 0.25) is 0 Å². The maximum absolute atomic E-state index is 12.8. The molecule has 1 aliphatic rings. The molecule has 0 aliphatic carbocycles. The summed E-state index contributed by atoms with van der Waals surface area (Å²) in [6.07, 6.45) is -0.701. The van der Waals surface area contributed by atoms with Gasteiger partial charge in [0, 0.05) is 17.9 Å². The van der Waals surface area contributed by atoms with Gasteiger partial charge >= 0.3 is 11.9 Å². The Morgan fingerprint density at radius 1 is 1.19 bits per heavy atom. The van der Waals surface area contributed by atoms with Crippen LogP contribution in [-0.2, 0) is 23.8 Å². The number of esters is 2. The average molecular weight is 518 g/mol. The Kier molecular flexibility index (Phi) is 11.3. The fraction of sp³-hybridized carbons (Fsp3) is 0.714. The maximum Gasteiger partial charge on any atom is 0.309 e. The fourth-order valence-corrected chi connectivity index (χ4v) is 4.59. The van der Waals surface area contributed by atoms with Gasteiger partial charge in [-0.3, -0.25) is 9.59 Å². The smallest absolute Gasteiger partial charge is 0.309 e. The number of hydrogen-bond acceptors (Lipinski definition) is 7. The number of aryl methyl sites for hydroxylation is 1. The molecule has 0 bridgehead atoms. The van der Waals surface area contributed by atoms with E-state index in [-0.39, 0.29) is 41.5 Å². The van der Waals surface area contributed by atoms with Gasteiger partial charge in [-0.1, -0.05) is 58.8 Å². The molecule has 0 N–H and O–H groups in total. The summed E-state index contributed by atoms with van der Waals surface area (Å²) in [5, 5.41) is 4.05. The summed E-state index contributed by atoms with van der Waals surface area (Å²) in [5.74, 6) is -0.519. The van der Waals surface area contributed by atoms with Gasteiger partial charge in [0.25, 0.3) is 0 Å². The molecule has 1 aliphatic heterocycles. The highest BCUT2D eigenvalue weighted by atomic mass is 16.7. The molecule has 9 heteroatoms. The molecule has 1 aromatic carbocycles. The van der Waals surface area contributed by atoms with Crippen LogP contribution in [0.15, 0.2) is 23.3 Å². The van der Waals surface area contributed by atoms with Crippen molar-refractivity contribution in [2.45, 2.75) is 92.8 Å². The molecule has 0 saturated carbocycles. The van der Waals surface area contributed by atoms with E-state index in [2.05, 4.69) is 10.0 Å². The molecule has 1 aromatic rings. The second-order valence-corrected chi connectivity index (χ2v) is 10.9. The van der Waals surface area contributed by atoms with Gasteiger partial charge in [0.2, 0.25) is 0 Å². The van der Waals surface area contributed by atoms with Crippen molar-refractivity contribution in [2.75, 3.05) is 7.11 Å². The molecule has 1 saturated heterocycles. The molecule has 0 aromatic heterocycles. The summed E-state index contributed by atoms with van der Waals surface area (Å²) in [6.45, 7) is 15.4. The van der Waals surface area contributed by atoms with Gasteiger partial charge in [0.1, 0.15) is 18.0 Å². The maximum atomic E-state index is 12.8. The highest BCUT2D eigenvalue weighted by Crippen LogP contribution is 2.40. The summed E-state index contributed by atoms with van der Waals surface area (Å²) in [7, 11) is 1.57. The van der Waals surface area contributed by atoms with Gasteiger partial charge in [0.05, 0.1) is 17.9 Å². The highest BCUT2D eigenvalue weighted by Gasteiger charge is 2.42. The van der Waals surface area contributed by atoms with E-state index in [1.165, 1.54) is 0 Å². The Morgan fingerprint density at radius 2 is 1.86 bits per heavy atom. The van der Waals surface area contributed by atoms with Crippen LogP contribution in [0, 0.1) is 36.5 Å². The number of ether oxygens (including phenoxy) is 4. The van der Waals surface area contributed by atoms with E-state index >= 15 is 0 Å². The molecule has 9 nitrogen and oxygen atoms in total. The number of carbonyl (C=O) groups excluding carboxylic acids is 2. The van der Waals surface area contributed by atoms with Gasteiger partial charge in [-0.05, 0) is 61.2 Å². The lowest BCUT2D eigenvalue weighted by Crippen LogP contribution is -2.33. The number of methoxy groups -OCH3 is 1. The van der Waals surface area contributed by atoms with Crippen molar-refractivity contribution in [3.63, 3.8) is 0 Å². The number of carbonyl (C=O) groups is 2. The van der Waals surface area contributed by atoms with Crippen LogP contribution in [-0.4, -0.2) is 37.5 Å². The Morgan fingerprint density at radius 3 is 2.38 bits per heavy atom. The van der Waals surface area contributed by atoms with Gasteiger partial charge < -0.3 is 18.9 Å². The second-order valence-electron chi connectivity index (χ2n) is 10.9. The lowest BCUT2D eigenvalue weighted by molar-refractivity contribution is -0.157. The van der Waals surface area contributed by atoms with E-state index in [1.807, 2.05) is 52.8 Å². The monoisotopic (exact) mass is 517 g/mol. The molecule has 0 radical (unpaired) electrons. The number of benzene rings is 1. The molecule has 0 spiro atoms. The van der Waals surface area contributed by atoms with Crippen molar-refractivity contribution in [3.8, 4) is 5.75 Å². The predicted molar refractivity (Wildman–Crippen MR) is 141 cm³/mol. The Labute approximate surface area is 220 Å². The van der Waals surface area contributed by atoms with E-state index in [0.29, 0.717) is 18.6 Å². The van der Waals surface area contributed by atoms with Gasteiger partial charge in [-0.2, -0.15) is 0 Å². The van der Waals surface area contributed by atoms with Crippen molar-refractivity contribution in [2.24, 2.45) is 34.7 Å². The van der Waals surface area contributed by atoms with E-state index < -0.39 is 24.5 Å². The zero-order valence-electron chi connectivity index (χ0n) is 23.6. The number of rotatable bonds is 13. The SMILES string of the molecule is CO[C@H](C)Oc1cc([C@@H](OC(=O)C(C)C)[C@@H](C[C@H](N=[N+]=[N-])[C@@H]2C[C@@H](C(C)C)C(=O)O2)C(C)C)ccc1C. The van der Waals surface area contributed by atoms with E-state index in [9.17, 15) is 15.1 Å². The molecule has 0 unspecified atom stereocenters. The molecular formula is C28H43N3O6. The van der Waals surface area contributed by atoms with Crippen LogP contribution >= 0.6 is 0 Å². The first kappa shape index (κ1) is 30.5. The van der Waals surface area contributed by atoms with Crippen molar-refractivity contribution in [1.29, 1.82) is 0 Å². The fourth-order valence-electron chi connectivity index (χ4n) is 4.59. The first-order valence-electron chi connectivity index (χ1n) is 13.1. The molecule has 0 amide bonds. The highest BCUT2D eigenvalue weighted by molar-refractivity contribution is 5.75. The molecule has 1 heterocycles. The van der Waals surface area contributed by atoms with Gasteiger partial charge in [0.15, 0.2) is 6.29 Å². The summed E-state index contributed by atoms with van der Waals surface area (Å²) >= 11 is 0. The third kappa shape index (κ3) is 8.11. The Balaban J connectivity index is 2.48. The van der Waals surface area contributed by atoms with Crippen LogP contribution in [0.1, 0.15) is 78.5 Å². The minimum absolute atomic E-state index is 0.0583. The molecule has 1 fully saturated rings. The Hall–Kier alpha value is -2.77. The summed E-state index contributed by atoms with van der Waals surface area (Å²) in [5.41, 5.74) is 11.0. The third-order valence-electron chi connectivity index (χ3n) is 7.13. The molecule has 37 heavy (non-hydrogen) atoms. The minimum Gasteiger partial charge on any atom is -0.465 e. The summed E-state index contributed by atoms with van der Waals surface area (Å²) < 4.78 is 23.0. The van der Waals surface area contributed by atoms with Crippen molar-refractivity contribution in [1.82, 2.24) is 0 Å². The quantitative estimate of drug-likeness (QED) is 0.0963. The van der Waals surface area contributed by atoms with Gasteiger partial charge in [-0.15, -0.1) is 0 Å². The zero-order valence-corrected chi connectivity index (χ0v) is 23.6. The number of nitrogens with zero attached hydrogens (tertiary/aromatic N) is 3. The molecule has 206 valence electrons. The second kappa shape index (κ2) is 13.7. The van der Waals surface area contributed by atoms with Crippen LogP contribution < -0.4 is 4.74 Å². The lowest BCUT2D eigenvalue weighted by Gasteiger charge is -2.34. The largest absolute Gasteiger partial charge is 0.465 e. The van der Waals surface area contributed by atoms with Crippen LogP contribution in [0.25, 0.3) is 10.4 Å². The lowest BCUT2D eigenvalue weighted by atomic mass is 9.79. The van der Waals surface area contributed by atoms with Crippen molar-refractivity contribution < 1.29 is 28.5 Å². The van der Waals surface area contributed by atoms with Crippen LogP contribution in [0.5, 0.6) is 5.75 Å². The summed E-state index contributed by atoms with van der Waals surface area (Å²) in [4.78, 5) is 28.4. The van der Waals surface area contributed by atoms with Gasteiger partial charge in [-0.25, -0.2) is 0 Å². The van der Waals surface area contributed by atoms with E-state index in [1.54, 1.807) is 27.9 Å². The molecule has 2 rings (SSSR count). The first-order valence-corrected chi connectivity index (χ1v) is 13.1. The topological polar surface area (TPSA) is 120 Å². The van der Waals surface area contributed by atoms with Crippen LogP contribution in [0.3, 0.4) is 0 Å². The van der Waals surface area contributed by atoms with E-state index in [0.717, 1.165) is 11.1 Å². The molecule has 6 atom stereocenters.